The van der Waals surface area contributed by atoms with Crippen molar-refractivity contribution >= 4 is 27.5 Å². The summed E-state index contributed by atoms with van der Waals surface area (Å²) in [5.74, 6) is -0.0611. The minimum atomic E-state index is -0.475. The second-order valence-corrected chi connectivity index (χ2v) is 5.00. The van der Waals surface area contributed by atoms with Crippen LogP contribution in [0.1, 0.15) is 6.42 Å². The van der Waals surface area contributed by atoms with Crippen LogP contribution in [0.15, 0.2) is 53.0 Å². The summed E-state index contributed by atoms with van der Waals surface area (Å²) in [5, 5.41) is 2.51. The third-order valence-corrected chi connectivity index (χ3v) is 3.04. The summed E-state index contributed by atoms with van der Waals surface area (Å²) in [6, 6.07) is 13.7. The summed E-state index contributed by atoms with van der Waals surface area (Å²) in [5.41, 5.74) is 0.165. The van der Waals surface area contributed by atoms with E-state index in [0.717, 1.165) is 0 Å². The number of rotatable bonds is 5. The molecule has 0 aromatic heterocycles. The van der Waals surface area contributed by atoms with Crippen LogP contribution in [-0.2, 0) is 4.79 Å². The smallest absolute Gasteiger partial charge is 0.227 e. The highest BCUT2D eigenvalue weighted by atomic mass is 79.9. The molecular weight excluding hydrogens is 325 g/mol. The van der Waals surface area contributed by atoms with Crippen LogP contribution in [-0.4, -0.2) is 12.5 Å². The molecular formula is C15H13BrFNO2. The lowest BCUT2D eigenvalue weighted by molar-refractivity contribution is -0.116. The molecule has 0 saturated carbocycles. The summed E-state index contributed by atoms with van der Waals surface area (Å²) in [6.07, 6.45) is 0.157. The van der Waals surface area contributed by atoms with Gasteiger partial charge in [-0.1, -0.05) is 34.1 Å². The Morgan fingerprint density at radius 2 is 1.95 bits per heavy atom. The molecule has 0 unspecified atom stereocenters. The van der Waals surface area contributed by atoms with Crippen molar-refractivity contribution in [1.29, 1.82) is 0 Å². The summed E-state index contributed by atoms with van der Waals surface area (Å²) in [6.45, 7) is 0.244. The number of hydrogen-bond acceptors (Lipinski definition) is 2. The predicted molar refractivity (Wildman–Crippen MR) is 79.3 cm³/mol. The molecule has 1 N–H and O–H groups in total. The quantitative estimate of drug-likeness (QED) is 0.895. The Morgan fingerprint density at radius 3 is 2.65 bits per heavy atom. The number of nitrogens with one attached hydrogen (secondary N) is 1. The molecule has 5 heteroatoms. The number of ether oxygens (including phenoxy) is 1. The molecule has 104 valence electrons. The van der Waals surface area contributed by atoms with E-state index >= 15 is 0 Å². The maximum absolute atomic E-state index is 13.5. The fourth-order valence-electron chi connectivity index (χ4n) is 1.58. The molecule has 3 nitrogen and oxygen atoms in total. The van der Waals surface area contributed by atoms with Gasteiger partial charge in [-0.15, -0.1) is 0 Å². The molecule has 0 aliphatic carbocycles. The maximum atomic E-state index is 13.5. The highest BCUT2D eigenvalue weighted by Crippen LogP contribution is 2.19. The van der Waals surface area contributed by atoms with Crippen molar-refractivity contribution in [1.82, 2.24) is 0 Å². The lowest BCUT2D eigenvalue weighted by atomic mass is 10.3. The molecule has 1 amide bonds. The zero-order valence-electron chi connectivity index (χ0n) is 10.6. The first-order chi connectivity index (χ1) is 9.65. The topological polar surface area (TPSA) is 38.3 Å². The third kappa shape index (κ3) is 4.35. The average molecular weight is 338 g/mol. The Kier molecular flexibility index (Phi) is 5.12. The molecule has 0 atom stereocenters. The van der Waals surface area contributed by atoms with Crippen LogP contribution in [0.3, 0.4) is 0 Å². The summed E-state index contributed by atoms with van der Waals surface area (Å²) in [7, 11) is 0. The van der Waals surface area contributed by atoms with Crippen molar-refractivity contribution in [3.8, 4) is 5.75 Å². The molecule has 0 aliphatic rings. The first kappa shape index (κ1) is 14.5. The number of hydrogen-bond donors (Lipinski definition) is 1. The number of carbonyl (C=O) groups is 1. The van der Waals surface area contributed by atoms with Gasteiger partial charge in [-0.25, -0.2) is 4.39 Å². The van der Waals surface area contributed by atoms with Crippen LogP contribution >= 0.6 is 15.9 Å². The van der Waals surface area contributed by atoms with E-state index in [1.54, 1.807) is 6.07 Å². The number of anilines is 1. The number of para-hydroxylation sites is 1. The Labute approximate surface area is 124 Å². The van der Waals surface area contributed by atoms with Crippen LogP contribution in [0, 0.1) is 5.82 Å². The average Bonchev–Trinajstić information content (AvgIpc) is 2.43. The molecule has 0 fully saturated rings. The van der Waals surface area contributed by atoms with Crippen molar-refractivity contribution in [3.63, 3.8) is 0 Å². The van der Waals surface area contributed by atoms with E-state index in [1.165, 1.54) is 12.1 Å². The normalized spacial score (nSPS) is 10.1. The van der Waals surface area contributed by atoms with Crippen LogP contribution in [0.25, 0.3) is 0 Å². The first-order valence-electron chi connectivity index (χ1n) is 6.08. The Morgan fingerprint density at radius 1 is 1.20 bits per heavy atom. The second-order valence-electron chi connectivity index (χ2n) is 4.08. The van der Waals surface area contributed by atoms with Crippen molar-refractivity contribution < 1.29 is 13.9 Å². The SMILES string of the molecule is O=C(CCOc1ccccc1)Nc1ccc(Br)cc1F. The van der Waals surface area contributed by atoms with Crippen LogP contribution in [0.2, 0.25) is 0 Å². The number of amides is 1. The van der Waals surface area contributed by atoms with Crippen LogP contribution in [0.4, 0.5) is 10.1 Å². The Bertz CT molecular complexity index is 590. The molecule has 0 aliphatic heterocycles. The Hall–Kier alpha value is -1.88. The number of carbonyl (C=O) groups excluding carboxylic acids is 1. The van der Waals surface area contributed by atoms with Crippen LogP contribution < -0.4 is 10.1 Å². The van der Waals surface area contributed by atoms with Gasteiger partial charge >= 0.3 is 0 Å². The first-order valence-corrected chi connectivity index (χ1v) is 6.87. The molecule has 2 aromatic carbocycles. The van der Waals surface area contributed by atoms with Crippen molar-refractivity contribution in [2.75, 3.05) is 11.9 Å². The third-order valence-electron chi connectivity index (χ3n) is 2.55. The summed E-state index contributed by atoms with van der Waals surface area (Å²) >= 11 is 3.16. The lowest BCUT2D eigenvalue weighted by Gasteiger charge is -2.08. The largest absolute Gasteiger partial charge is 0.493 e. The van der Waals surface area contributed by atoms with E-state index in [-0.39, 0.29) is 24.6 Å². The fourth-order valence-corrected chi connectivity index (χ4v) is 1.92. The molecule has 20 heavy (non-hydrogen) atoms. The van der Waals surface area contributed by atoms with Gasteiger partial charge in [-0.05, 0) is 30.3 Å². The maximum Gasteiger partial charge on any atom is 0.227 e. The monoisotopic (exact) mass is 337 g/mol. The number of halogens is 2. The van der Waals surface area contributed by atoms with Crippen molar-refractivity contribution in [3.05, 3.63) is 58.8 Å². The molecule has 2 rings (SSSR count). The van der Waals surface area contributed by atoms with Gasteiger partial charge in [-0.3, -0.25) is 4.79 Å². The second kappa shape index (κ2) is 7.05. The fraction of sp³-hybridized carbons (Fsp3) is 0.133. The van der Waals surface area contributed by atoms with Crippen molar-refractivity contribution in [2.45, 2.75) is 6.42 Å². The van der Waals surface area contributed by atoms with Gasteiger partial charge in [0.25, 0.3) is 0 Å². The zero-order chi connectivity index (χ0) is 14.4. The van der Waals surface area contributed by atoms with Crippen LogP contribution in [0.5, 0.6) is 5.75 Å². The molecule has 2 aromatic rings. The van der Waals surface area contributed by atoms with Gasteiger partial charge in [-0.2, -0.15) is 0 Å². The number of benzene rings is 2. The van der Waals surface area contributed by atoms with E-state index in [0.29, 0.717) is 10.2 Å². The highest BCUT2D eigenvalue weighted by molar-refractivity contribution is 9.10. The molecule has 0 radical (unpaired) electrons. The molecule has 0 spiro atoms. The minimum absolute atomic E-state index is 0.157. The standard InChI is InChI=1S/C15H13BrFNO2/c16-11-6-7-14(13(17)10-11)18-15(19)8-9-20-12-4-2-1-3-5-12/h1-7,10H,8-9H2,(H,18,19). The molecule has 0 saturated heterocycles. The van der Waals surface area contributed by atoms with Gasteiger partial charge in [0.2, 0.25) is 5.91 Å². The highest BCUT2D eigenvalue weighted by Gasteiger charge is 2.07. The molecule has 0 bridgehead atoms. The van der Waals surface area contributed by atoms with Gasteiger partial charge in [0.1, 0.15) is 11.6 Å². The van der Waals surface area contributed by atoms with E-state index < -0.39 is 5.82 Å². The zero-order valence-corrected chi connectivity index (χ0v) is 12.2. The van der Waals surface area contributed by atoms with Gasteiger partial charge < -0.3 is 10.1 Å². The summed E-state index contributed by atoms with van der Waals surface area (Å²) < 4.78 is 19.5. The van der Waals surface area contributed by atoms with E-state index in [9.17, 15) is 9.18 Å². The van der Waals surface area contributed by atoms with Gasteiger partial charge in [0, 0.05) is 4.47 Å². The predicted octanol–water partition coefficient (Wildman–Crippen LogP) is 4.00. The van der Waals surface area contributed by atoms with Gasteiger partial charge in [0.05, 0.1) is 18.7 Å². The Balaban J connectivity index is 1.81. The van der Waals surface area contributed by atoms with E-state index in [1.807, 2.05) is 30.3 Å². The van der Waals surface area contributed by atoms with Crippen molar-refractivity contribution in [2.24, 2.45) is 0 Å². The lowest BCUT2D eigenvalue weighted by Crippen LogP contribution is -2.16. The van der Waals surface area contributed by atoms with Gasteiger partial charge in [0.15, 0.2) is 0 Å². The molecule has 0 heterocycles. The minimum Gasteiger partial charge on any atom is -0.493 e. The van der Waals surface area contributed by atoms with E-state index in [4.69, 9.17) is 4.74 Å². The summed E-state index contributed by atoms with van der Waals surface area (Å²) in [4.78, 5) is 11.7. The van der Waals surface area contributed by atoms with E-state index in [2.05, 4.69) is 21.2 Å².